The molecule has 1 rings (SSSR count). The van der Waals surface area contributed by atoms with Crippen molar-refractivity contribution in [2.45, 2.75) is 12.5 Å². The van der Waals surface area contributed by atoms with E-state index in [2.05, 4.69) is 0 Å². The largest absolute Gasteiger partial charge is 0.396 e. The molecule has 2 nitrogen and oxygen atoms in total. The topological polar surface area (TPSA) is 46.2 Å². The Morgan fingerprint density at radius 3 is 2.77 bits per heavy atom. The van der Waals surface area contributed by atoms with Crippen molar-refractivity contribution >= 4 is 22.6 Å². The molecule has 3 N–H and O–H groups in total. The van der Waals surface area contributed by atoms with Gasteiger partial charge in [-0.2, -0.15) is 0 Å². The number of aliphatic hydroxyl groups excluding tert-OH is 1. The molecule has 1 unspecified atom stereocenters. The molecule has 0 radical (unpaired) electrons. The van der Waals surface area contributed by atoms with Gasteiger partial charge in [0.25, 0.3) is 0 Å². The van der Waals surface area contributed by atoms with Crippen molar-refractivity contribution in [1.29, 1.82) is 0 Å². The molecule has 13 heavy (non-hydrogen) atoms. The first kappa shape index (κ1) is 10.9. The van der Waals surface area contributed by atoms with Gasteiger partial charge >= 0.3 is 0 Å². The van der Waals surface area contributed by atoms with Crippen LogP contribution in [0.3, 0.4) is 0 Å². The fourth-order valence-corrected chi connectivity index (χ4v) is 1.55. The minimum absolute atomic E-state index is 0.0212. The normalized spacial score (nSPS) is 12.9. The molecule has 1 aromatic rings. The molecule has 0 bridgehead atoms. The summed E-state index contributed by atoms with van der Waals surface area (Å²) in [6.07, 6.45) is 0.386. The highest BCUT2D eigenvalue weighted by atomic mass is 127. The van der Waals surface area contributed by atoms with Gasteiger partial charge in [0, 0.05) is 21.8 Å². The van der Waals surface area contributed by atoms with Crippen LogP contribution in [0, 0.1) is 9.39 Å². The highest BCUT2D eigenvalue weighted by molar-refractivity contribution is 14.1. The predicted molar refractivity (Wildman–Crippen MR) is 57.7 cm³/mol. The van der Waals surface area contributed by atoms with Crippen LogP contribution in [0.5, 0.6) is 0 Å². The van der Waals surface area contributed by atoms with E-state index >= 15 is 0 Å². The van der Waals surface area contributed by atoms with Gasteiger partial charge in [-0.15, -0.1) is 0 Å². The van der Waals surface area contributed by atoms with Crippen LogP contribution < -0.4 is 5.73 Å². The molecule has 0 fully saturated rings. The Morgan fingerprint density at radius 1 is 1.54 bits per heavy atom. The van der Waals surface area contributed by atoms with Crippen LogP contribution in [0.15, 0.2) is 18.2 Å². The summed E-state index contributed by atoms with van der Waals surface area (Å²) in [5, 5.41) is 8.64. The number of hydrogen-bond donors (Lipinski definition) is 2. The molecule has 0 saturated heterocycles. The summed E-state index contributed by atoms with van der Waals surface area (Å²) in [4.78, 5) is 0. The molecule has 72 valence electrons. The van der Waals surface area contributed by atoms with E-state index in [-0.39, 0.29) is 12.4 Å². The fourth-order valence-electron chi connectivity index (χ4n) is 1.10. The van der Waals surface area contributed by atoms with Gasteiger partial charge in [0.05, 0.1) is 0 Å². The van der Waals surface area contributed by atoms with Gasteiger partial charge in [0.1, 0.15) is 5.82 Å². The summed E-state index contributed by atoms with van der Waals surface area (Å²) in [5.74, 6) is -0.298. The van der Waals surface area contributed by atoms with Gasteiger partial charge in [0.2, 0.25) is 0 Å². The Hall–Kier alpha value is -0.200. The van der Waals surface area contributed by atoms with Crippen LogP contribution in [-0.4, -0.2) is 11.7 Å². The van der Waals surface area contributed by atoms with E-state index in [0.29, 0.717) is 12.0 Å². The lowest BCUT2D eigenvalue weighted by Crippen LogP contribution is -2.13. The Kier molecular flexibility index (Phi) is 4.08. The molecule has 0 saturated carbocycles. The zero-order valence-electron chi connectivity index (χ0n) is 7.00. The summed E-state index contributed by atoms with van der Waals surface area (Å²) in [6.45, 7) is -0.0212. The summed E-state index contributed by atoms with van der Waals surface area (Å²) >= 11 is 2.04. The molecular formula is C9H11FINO. The number of halogens is 2. The number of benzene rings is 1. The van der Waals surface area contributed by atoms with Gasteiger partial charge in [-0.05, 0) is 41.1 Å². The van der Waals surface area contributed by atoms with Gasteiger partial charge in [-0.3, -0.25) is 0 Å². The zero-order valence-corrected chi connectivity index (χ0v) is 9.16. The molecule has 0 aliphatic carbocycles. The van der Waals surface area contributed by atoms with E-state index in [4.69, 9.17) is 10.8 Å². The average Bonchev–Trinajstić information content (AvgIpc) is 2.04. The Morgan fingerprint density at radius 2 is 2.23 bits per heavy atom. The van der Waals surface area contributed by atoms with E-state index < -0.39 is 6.04 Å². The van der Waals surface area contributed by atoms with E-state index in [0.717, 1.165) is 3.57 Å². The van der Waals surface area contributed by atoms with Gasteiger partial charge in [0.15, 0.2) is 0 Å². The van der Waals surface area contributed by atoms with Crippen molar-refractivity contribution in [2.24, 2.45) is 5.73 Å². The third-order valence-corrected chi connectivity index (χ3v) is 2.47. The third-order valence-electron chi connectivity index (χ3n) is 1.80. The number of hydrogen-bond acceptors (Lipinski definition) is 2. The quantitative estimate of drug-likeness (QED) is 0.836. The zero-order chi connectivity index (χ0) is 9.84. The van der Waals surface area contributed by atoms with Crippen LogP contribution in [0.4, 0.5) is 4.39 Å². The molecule has 0 spiro atoms. The first-order valence-electron chi connectivity index (χ1n) is 3.96. The van der Waals surface area contributed by atoms with Crippen LogP contribution in [0.25, 0.3) is 0 Å². The second kappa shape index (κ2) is 4.88. The summed E-state index contributed by atoms with van der Waals surface area (Å²) in [6, 6.07) is 4.49. The van der Waals surface area contributed by atoms with Crippen molar-refractivity contribution in [2.75, 3.05) is 6.61 Å². The van der Waals surface area contributed by atoms with Gasteiger partial charge in [-0.1, -0.05) is 6.07 Å². The molecule has 1 aromatic carbocycles. The number of rotatable bonds is 3. The van der Waals surface area contributed by atoms with Gasteiger partial charge in [-0.25, -0.2) is 4.39 Å². The lowest BCUT2D eigenvalue weighted by atomic mass is 10.0. The van der Waals surface area contributed by atoms with E-state index in [1.165, 1.54) is 6.07 Å². The highest BCUT2D eigenvalue weighted by Crippen LogP contribution is 2.19. The van der Waals surface area contributed by atoms with E-state index in [1.54, 1.807) is 12.1 Å². The Bertz CT molecular complexity index is 293. The van der Waals surface area contributed by atoms with Crippen LogP contribution in [0.2, 0.25) is 0 Å². The molecule has 0 aliphatic heterocycles. The van der Waals surface area contributed by atoms with Crippen LogP contribution >= 0.6 is 22.6 Å². The Labute approximate surface area is 90.1 Å². The van der Waals surface area contributed by atoms with Crippen molar-refractivity contribution in [3.63, 3.8) is 0 Å². The standard InChI is InChI=1S/C9H11FINO/c10-8-5-6(11)1-2-7(8)9(12)3-4-13/h1-2,5,9,13H,3-4,12H2. The molecule has 0 aliphatic rings. The molecule has 4 heteroatoms. The van der Waals surface area contributed by atoms with Crippen molar-refractivity contribution in [1.82, 2.24) is 0 Å². The molecule has 0 amide bonds. The first-order chi connectivity index (χ1) is 6.15. The van der Waals surface area contributed by atoms with Crippen molar-refractivity contribution in [3.8, 4) is 0 Å². The minimum Gasteiger partial charge on any atom is -0.396 e. The van der Waals surface area contributed by atoms with Crippen LogP contribution in [0.1, 0.15) is 18.0 Å². The summed E-state index contributed by atoms with van der Waals surface area (Å²) < 4.78 is 14.1. The van der Waals surface area contributed by atoms with Gasteiger partial charge < -0.3 is 10.8 Å². The second-order valence-electron chi connectivity index (χ2n) is 2.78. The molecular weight excluding hydrogens is 284 g/mol. The van der Waals surface area contributed by atoms with E-state index in [1.807, 2.05) is 22.6 Å². The number of aliphatic hydroxyl groups is 1. The highest BCUT2D eigenvalue weighted by Gasteiger charge is 2.10. The van der Waals surface area contributed by atoms with Crippen LogP contribution in [-0.2, 0) is 0 Å². The summed E-state index contributed by atoms with van der Waals surface area (Å²) in [5.41, 5.74) is 6.12. The van der Waals surface area contributed by atoms with Crippen molar-refractivity contribution in [3.05, 3.63) is 33.1 Å². The van der Waals surface area contributed by atoms with E-state index in [9.17, 15) is 4.39 Å². The average molecular weight is 295 g/mol. The fraction of sp³-hybridized carbons (Fsp3) is 0.333. The molecule has 0 aromatic heterocycles. The van der Waals surface area contributed by atoms with Crippen molar-refractivity contribution < 1.29 is 9.50 Å². The maximum absolute atomic E-state index is 13.3. The monoisotopic (exact) mass is 295 g/mol. The smallest absolute Gasteiger partial charge is 0.129 e. The SMILES string of the molecule is NC(CCO)c1ccc(I)cc1F. The lowest BCUT2D eigenvalue weighted by Gasteiger charge is -2.11. The minimum atomic E-state index is -0.415. The first-order valence-corrected chi connectivity index (χ1v) is 5.04. The molecule has 0 heterocycles. The third kappa shape index (κ3) is 2.89. The lowest BCUT2D eigenvalue weighted by molar-refractivity contribution is 0.275. The number of nitrogens with two attached hydrogens (primary N) is 1. The maximum atomic E-state index is 13.3. The maximum Gasteiger partial charge on any atom is 0.129 e. The summed E-state index contributed by atoms with van der Waals surface area (Å²) in [7, 11) is 0. The predicted octanol–water partition coefficient (Wildman–Crippen LogP) is 1.81. The molecule has 1 atom stereocenters. The Balaban J connectivity index is 2.88. The second-order valence-corrected chi connectivity index (χ2v) is 4.03.